The molecule has 0 bridgehead atoms. The summed E-state index contributed by atoms with van der Waals surface area (Å²) in [6, 6.07) is 15.1. The maximum Gasteiger partial charge on any atom is 0.243 e. The summed E-state index contributed by atoms with van der Waals surface area (Å²) in [5, 5.41) is 6.02. The van der Waals surface area contributed by atoms with Crippen LogP contribution in [0.1, 0.15) is 33.1 Å². The van der Waals surface area contributed by atoms with Gasteiger partial charge >= 0.3 is 0 Å². The van der Waals surface area contributed by atoms with E-state index in [2.05, 4.69) is 24.5 Å². The van der Waals surface area contributed by atoms with E-state index in [0.717, 1.165) is 48.7 Å². The van der Waals surface area contributed by atoms with Crippen LogP contribution in [-0.2, 0) is 9.53 Å². The Morgan fingerprint density at radius 1 is 1.10 bits per heavy atom. The summed E-state index contributed by atoms with van der Waals surface area (Å²) in [7, 11) is 0. The van der Waals surface area contributed by atoms with Gasteiger partial charge in [0.2, 0.25) is 5.91 Å². The number of nitrogens with one attached hydrogen (secondary N) is 2. The molecule has 0 aliphatic carbocycles. The molecule has 2 aromatic carbocycles. The van der Waals surface area contributed by atoms with Crippen molar-refractivity contribution in [2.45, 2.75) is 39.2 Å². The molecular formula is C24H32N2O4. The third-order valence-corrected chi connectivity index (χ3v) is 4.85. The van der Waals surface area contributed by atoms with Crippen LogP contribution in [-0.4, -0.2) is 38.4 Å². The summed E-state index contributed by atoms with van der Waals surface area (Å²) in [5.41, 5.74) is 1.58. The molecule has 2 aromatic rings. The van der Waals surface area contributed by atoms with Gasteiger partial charge in [-0.1, -0.05) is 19.9 Å². The molecule has 1 aliphatic heterocycles. The fraction of sp³-hybridized carbons (Fsp3) is 0.458. The molecule has 6 nitrogen and oxygen atoms in total. The lowest BCUT2D eigenvalue weighted by Crippen LogP contribution is -2.21. The molecule has 1 fully saturated rings. The Bertz CT molecular complexity index is 786. The molecular weight excluding hydrogens is 380 g/mol. The van der Waals surface area contributed by atoms with Gasteiger partial charge < -0.3 is 24.8 Å². The first kappa shape index (κ1) is 22.0. The lowest BCUT2D eigenvalue weighted by Gasteiger charge is -2.13. The molecule has 3 rings (SSSR count). The van der Waals surface area contributed by atoms with Gasteiger partial charge in [0.1, 0.15) is 18.1 Å². The number of hydrogen-bond acceptors (Lipinski definition) is 5. The normalized spacial score (nSPS) is 15.8. The van der Waals surface area contributed by atoms with Crippen LogP contribution in [0.15, 0.2) is 48.5 Å². The van der Waals surface area contributed by atoms with Crippen LogP contribution in [0.4, 0.5) is 11.4 Å². The molecule has 30 heavy (non-hydrogen) atoms. The number of amides is 1. The molecule has 0 aromatic heterocycles. The first-order chi connectivity index (χ1) is 14.6. The molecule has 0 spiro atoms. The summed E-state index contributed by atoms with van der Waals surface area (Å²) >= 11 is 0. The summed E-state index contributed by atoms with van der Waals surface area (Å²) in [6.07, 6.45) is 3.34. The molecule has 1 unspecified atom stereocenters. The quantitative estimate of drug-likeness (QED) is 0.559. The number of benzene rings is 2. The average molecular weight is 413 g/mol. The van der Waals surface area contributed by atoms with E-state index in [1.54, 1.807) is 0 Å². The molecule has 0 saturated carbocycles. The number of ether oxygens (including phenoxy) is 3. The summed E-state index contributed by atoms with van der Waals surface area (Å²) in [5.74, 6) is 2.08. The Kier molecular flexibility index (Phi) is 8.39. The standard InChI is InChI=1S/C24H32N2O4/c1-18(2)12-14-29-21-10-8-19(9-11-21)26-24(27)16-25-20-5-3-6-22(15-20)30-17-23-7-4-13-28-23/h3,5-6,8-11,15,18,23,25H,4,7,12-14,16-17H2,1-2H3,(H,26,27). The summed E-state index contributed by atoms with van der Waals surface area (Å²) in [6.45, 7) is 6.58. The largest absolute Gasteiger partial charge is 0.494 e. The van der Waals surface area contributed by atoms with E-state index in [1.807, 2.05) is 48.5 Å². The highest BCUT2D eigenvalue weighted by Gasteiger charge is 2.16. The minimum absolute atomic E-state index is 0.117. The van der Waals surface area contributed by atoms with Crippen LogP contribution in [0.5, 0.6) is 11.5 Å². The molecule has 162 valence electrons. The van der Waals surface area contributed by atoms with Gasteiger partial charge in [-0.2, -0.15) is 0 Å². The van der Waals surface area contributed by atoms with Gasteiger partial charge in [-0.25, -0.2) is 0 Å². The molecule has 1 atom stereocenters. The van der Waals surface area contributed by atoms with Crippen molar-refractivity contribution < 1.29 is 19.0 Å². The van der Waals surface area contributed by atoms with Crippen LogP contribution in [0.25, 0.3) is 0 Å². The fourth-order valence-corrected chi connectivity index (χ4v) is 3.10. The average Bonchev–Trinajstić information content (AvgIpc) is 3.26. The Hall–Kier alpha value is -2.73. The van der Waals surface area contributed by atoms with Crippen molar-refractivity contribution in [1.82, 2.24) is 0 Å². The van der Waals surface area contributed by atoms with Crippen molar-refractivity contribution in [1.29, 1.82) is 0 Å². The monoisotopic (exact) mass is 412 g/mol. The zero-order valence-corrected chi connectivity index (χ0v) is 17.9. The molecule has 1 aliphatic rings. The lowest BCUT2D eigenvalue weighted by molar-refractivity contribution is -0.114. The van der Waals surface area contributed by atoms with Crippen molar-refractivity contribution in [3.05, 3.63) is 48.5 Å². The molecule has 6 heteroatoms. The molecule has 2 N–H and O–H groups in total. The summed E-state index contributed by atoms with van der Waals surface area (Å²) < 4.78 is 17.1. The maximum atomic E-state index is 12.2. The maximum absolute atomic E-state index is 12.2. The second kappa shape index (κ2) is 11.5. The van der Waals surface area contributed by atoms with E-state index >= 15 is 0 Å². The van der Waals surface area contributed by atoms with Crippen LogP contribution < -0.4 is 20.1 Å². The minimum Gasteiger partial charge on any atom is -0.494 e. The Labute approximate surface area is 178 Å². The van der Waals surface area contributed by atoms with Gasteiger partial charge in [0.25, 0.3) is 0 Å². The molecule has 0 radical (unpaired) electrons. The number of carbonyl (C=O) groups is 1. The van der Waals surface area contributed by atoms with E-state index < -0.39 is 0 Å². The first-order valence-corrected chi connectivity index (χ1v) is 10.7. The number of carbonyl (C=O) groups excluding carboxylic acids is 1. The zero-order chi connectivity index (χ0) is 21.2. The van der Waals surface area contributed by atoms with Gasteiger partial charge in [0, 0.05) is 24.0 Å². The highest BCUT2D eigenvalue weighted by Crippen LogP contribution is 2.20. The fourth-order valence-electron chi connectivity index (χ4n) is 3.10. The van der Waals surface area contributed by atoms with Gasteiger partial charge in [0.15, 0.2) is 0 Å². The van der Waals surface area contributed by atoms with Crippen molar-refractivity contribution in [2.75, 3.05) is 37.0 Å². The second-order valence-electron chi connectivity index (χ2n) is 7.93. The van der Waals surface area contributed by atoms with Crippen molar-refractivity contribution in [3.8, 4) is 11.5 Å². The number of rotatable bonds is 11. The van der Waals surface area contributed by atoms with E-state index in [0.29, 0.717) is 19.1 Å². The SMILES string of the molecule is CC(C)CCOc1ccc(NC(=O)CNc2cccc(OCC3CCCO3)c2)cc1. The van der Waals surface area contributed by atoms with Crippen LogP contribution in [0, 0.1) is 5.92 Å². The molecule has 1 saturated heterocycles. The predicted octanol–water partition coefficient (Wildman–Crippen LogP) is 4.72. The minimum atomic E-state index is -0.117. The predicted molar refractivity (Wildman–Crippen MR) is 119 cm³/mol. The van der Waals surface area contributed by atoms with Crippen molar-refractivity contribution >= 4 is 17.3 Å². The molecule has 1 amide bonds. The lowest BCUT2D eigenvalue weighted by atomic mass is 10.1. The van der Waals surface area contributed by atoms with Gasteiger partial charge in [0.05, 0.1) is 19.3 Å². The Morgan fingerprint density at radius 2 is 1.93 bits per heavy atom. The first-order valence-electron chi connectivity index (χ1n) is 10.7. The van der Waals surface area contributed by atoms with E-state index in [-0.39, 0.29) is 18.6 Å². The Balaban J connectivity index is 1.40. The molecule has 1 heterocycles. The van der Waals surface area contributed by atoms with E-state index in [4.69, 9.17) is 14.2 Å². The van der Waals surface area contributed by atoms with Crippen LogP contribution in [0.2, 0.25) is 0 Å². The van der Waals surface area contributed by atoms with Crippen molar-refractivity contribution in [3.63, 3.8) is 0 Å². The zero-order valence-electron chi connectivity index (χ0n) is 17.9. The number of hydrogen-bond donors (Lipinski definition) is 2. The Morgan fingerprint density at radius 3 is 2.67 bits per heavy atom. The van der Waals surface area contributed by atoms with Gasteiger partial charge in [-0.05, 0) is 61.6 Å². The second-order valence-corrected chi connectivity index (χ2v) is 7.93. The van der Waals surface area contributed by atoms with Crippen LogP contribution in [0.3, 0.4) is 0 Å². The van der Waals surface area contributed by atoms with E-state index in [1.165, 1.54) is 0 Å². The van der Waals surface area contributed by atoms with Gasteiger partial charge in [-0.15, -0.1) is 0 Å². The van der Waals surface area contributed by atoms with Crippen LogP contribution >= 0.6 is 0 Å². The van der Waals surface area contributed by atoms with Crippen molar-refractivity contribution in [2.24, 2.45) is 5.92 Å². The van der Waals surface area contributed by atoms with Gasteiger partial charge in [-0.3, -0.25) is 4.79 Å². The number of anilines is 2. The summed E-state index contributed by atoms with van der Waals surface area (Å²) in [4.78, 5) is 12.2. The smallest absolute Gasteiger partial charge is 0.243 e. The third kappa shape index (κ3) is 7.59. The third-order valence-electron chi connectivity index (χ3n) is 4.85. The topological polar surface area (TPSA) is 68.8 Å². The highest BCUT2D eigenvalue weighted by atomic mass is 16.5. The highest BCUT2D eigenvalue weighted by molar-refractivity contribution is 5.93. The van der Waals surface area contributed by atoms with E-state index in [9.17, 15) is 4.79 Å².